The van der Waals surface area contributed by atoms with E-state index in [1.807, 2.05) is 6.92 Å². The average molecular weight is 292 g/mol. The van der Waals surface area contributed by atoms with Gasteiger partial charge in [0.05, 0.1) is 5.69 Å². The summed E-state index contributed by atoms with van der Waals surface area (Å²) >= 11 is 5.94. The van der Waals surface area contributed by atoms with Gasteiger partial charge in [0.2, 0.25) is 0 Å². The number of likely N-dealkylation sites (tertiary alicyclic amines) is 1. The zero-order chi connectivity index (χ0) is 14.3. The number of Topliss-reactive ketones (excluding diaryl/α,β-unsaturated/α-hetero) is 1. The zero-order valence-electron chi connectivity index (χ0n) is 11.1. The Kier molecular flexibility index (Phi) is 3.22. The predicted octanol–water partition coefficient (Wildman–Crippen LogP) is 2.10. The number of aryl methyl sites for hydroxylation is 1. The highest BCUT2D eigenvalue weighted by Crippen LogP contribution is 2.19. The Bertz CT molecular complexity index is 698. The molecule has 3 rings (SSSR count). The van der Waals surface area contributed by atoms with Crippen LogP contribution in [0.1, 0.15) is 29.0 Å². The summed E-state index contributed by atoms with van der Waals surface area (Å²) in [5.74, 6) is 0.139. The summed E-state index contributed by atoms with van der Waals surface area (Å²) < 4.78 is 1.75. The molecule has 1 fully saturated rings. The van der Waals surface area contributed by atoms with E-state index in [0.717, 1.165) is 0 Å². The molecule has 0 atom stereocenters. The Hall–Kier alpha value is -1.88. The minimum Gasteiger partial charge on any atom is -0.336 e. The molecule has 0 aromatic carbocycles. The van der Waals surface area contributed by atoms with Gasteiger partial charge in [0.25, 0.3) is 5.91 Å². The van der Waals surface area contributed by atoms with E-state index in [-0.39, 0.29) is 11.7 Å². The lowest BCUT2D eigenvalue weighted by atomic mass is 10.1. The number of ketones is 1. The van der Waals surface area contributed by atoms with Gasteiger partial charge in [-0.15, -0.1) is 0 Å². The number of carbonyl (C=O) groups excluding carboxylic acids is 2. The zero-order valence-corrected chi connectivity index (χ0v) is 11.9. The summed E-state index contributed by atoms with van der Waals surface area (Å²) in [5.41, 5.74) is 1.88. The summed E-state index contributed by atoms with van der Waals surface area (Å²) in [6.45, 7) is 2.78. The minimum atomic E-state index is -0.0789. The van der Waals surface area contributed by atoms with E-state index in [0.29, 0.717) is 48.0 Å². The minimum absolute atomic E-state index is 0.0789. The maximum absolute atomic E-state index is 12.6. The van der Waals surface area contributed by atoms with E-state index >= 15 is 0 Å². The van der Waals surface area contributed by atoms with Crippen molar-refractivity contribution in [3.63, 3.8) is 0 Å². The Morgan fingerprint density at radius 2 is 2.05 bits per heavy atom. The first-order chi connectivity index (χ1) is 9.56. The van der Waals surface area contributed by atoms with Crippen molar-refractivity contribution in [1.82, 2.24) is 14.3 Å². The van der Waals surface area contributed by atoms with Crippen molar-refractivity contribution in [2.75, 3.05) is 13.1 Å². The molecule has 104 valence electrons. The lowest BCUT2D eigenvalue weighted by Gasteiger charge is -2.26. The lowest BCUT2D eigenvalue weighted by Crippen LogP contribution is -2.39. The first-order valence-corrected chi connectivity index (χ1v) is 6.89. The lowest BCUT2D eigenvalue weighted by molar-refractivity contribution is -0.120. The number of amides is 1. The third kappa shape index (κ3) is 2.18. The summed E-state index contributed by atoms with van der Waals surface area (Å²) in [6, 6.07) is 3.46. The molecule has 0 bridgehead atoms. The SMILES string of the molecule is Cc1nc2cc(Cl)ccn2c1C(=O)N1CCC(=O)CC1. The van der Waals surface area contributed by atoms with E-state index < -0.39 is 0 Å². The van der Waals surface area contributed by atoms with E-state index in [1.54, 1.807) is 27.6 Å². The number of pyridine rings is 1. The smallest absolute Gasteiger partial charge is 0.272 e. The third-order valence-corrected chi connectivity index (χ3v) is 3.81. The number of fused-ring (bicyclic) bond motifs is 1. The number of nitrogens with zero attached hydrogens (tertiary/aromatic N) is 3. The highest BCUT2D eigenvalue weighted by atomic mass is 35.5. The number of rotatable bonds is 1. The van der Waals surface area contributed by atoms with E-state index in [4.69, 9.17) is 11.6 Å². The fourth-order valence-electron chi connectivity index (χ4n) is 2.50. The van der Waals surface area contributed by atoms with Crippen LogP contribution in [0.15, 0.2) is 18.3 Å². The summed E-state index contributed by atoms with van der Waals surface area (Å²) in [5, 5.41) is 0.588. The Balaban J connectivity index is 1.99. The number of hydrogen-bond donors (Lipinski definition) is 0. The summed E-state index contributed by atoms with van der Waals surface area (Å²) in [7, 11) is 0. The number of imidazole rings is 1. The van der Waals surface area contributed by atoms with Crippen molar-refractivity contribution in [3.05, 3.63) is 34.7 Å². The van der Waals surface area contributed by atoms with Gasteiger partial charge < -0.3 is 4.90 Å². The van der Waals surface area contributed by atoms with Gasteiger partial charge in [0, 0.05) is 43.2 Å². The summed E-state index contributed by atoms with van der Waals surface area (Å²) in [4.78, 5) is 30.0. The second-order valence-electron chi connectivity index (χ2n) is 4.95. The molecule has 0 saturated carbocycles. The van der Waals surface area contributed by atoms with Gasteiger partial charge in [0.15, 0.2) is 0 Å². The molecule has 6 heteroatoms. The molecule has 1 amide bonds. The molecule has 0 unspecified atom stereocenters. The van der Waals surface area contributed by atoms with Gasteiger partial charge in [-0.2, -0.15) is 0 Å². The fraction of sp³-hybridized carbons (Fsp3) is 0.357. The topological polar surface area (TPSA) is 54.7 Å². The van der Waals surface area contributed by atoms with Crippen LogP contribution in [0.2, 0.25) is 5.02 Å². The Morgan fingerprint density at radius 1 is 1.35 bits per heavy atom. The fourth-order valence-corrected chi connectivity index (χ4v) is 2.66. The Morgan fingerprint density at radius 3 is 2.75 bits per heavy atom. The van der Waals surface area contributed by atoms with Crippen molar-refractivity contribution < 1.29 is 9.59 Å². The quantitative estimate of drug-likeness (QED) is 0.808. The maximum atomic E-state index is 12.6. The van der Waals surface area contributed by atoms with E-state index in [2.05, 4.69) is 4.98 Å². The molecule has 1 saturated heterocycles. The maximum Gasteiger partial charge on any atom is 0.272 e. The van der Waals surface area contributed by atoms with Gasteiger partial charge in [0.1, 0.15) is 17.1 Å². The van der Waals surface area contributed by atoms with Gasteiger partial charge >= 0.3 is 0 Å². The molecule has 2 aromatic heterocycles. The van der Waals surface area contributed by atoms with E-state index in [1.165, 1.54) is 0 Å². The van der Waals surface area contributed by atoms with Crippen molar-refractivity contribution >= 4 is 28.9 Å². The van der Waals surface area contributed by atoms with Crippen LogP contribution in [0.3, 0.4) is 0 Å². The van der Waals surface area contributed by atoms with Gasteiger partial charge in [-0.3, -0.25) is 14.0 Å². The van der Waals surface area contributed by atoms with Crippen LogP contribution in [0, 0.1) is 6.92 Å². The second kappa shape index (κ2) is 4.90. The molecule has 5 nitrogen and oxygen atoms in total. The molecule has 20 heavy (non-hydrogen) atoms. The number of carbonyl (C=O) groups is 2. The molecule has 1 aliphatic heterocycles. The van der Waals surface area contributed by atoms with Gasteiger partial charge in [-0.1, -0.05) is 11.6 Å². The molecule has 3 heterocycles. The van der Waals surface area contributed by atoms with Crippen LogP contribution in [0.5, 0.6) is 0 Å². The van der Waals surface area contributed by atoms with Crippen molar-refractivity contribution in [3.8, 4) is 0 Å². The number of hydrogen-bond acceptors (Lipinski definition) is 3. The summed E-state index contributed by atoms with van der Waals surface area (Å²) in [6.07, 6.45) is 2.63. The first kappa shape index (κ1) is 13.1. The van der Waals surface area contributed by atoms with Crippen molar-refractivity contribution in [1.29, 1.82) is 0 Å². The molecule has 2 aromatic rings. The number of aromatic nitrogens is 2. The monoisotopic (exact) mass is 291 g/mol. The standard InChI is InChI=1S/C14H14ClN3O2/c1-9-13(14(20)17-5-3-11(19)4-6-17)18-7-2-10(15)8-12(18)16-9/h2,7-8H,3-6H2,1H3. The van der Waals surface area contributed by atoms with Gasteiger partial charge in [-0.05, 0) is 13.0 Å². The first-order valence-electron chi connectivity index (χ1n) is 6.51. The number of piperidine rings is 1. The van der Waals surface area contributed by atoms with Crippen LogP contribution in [-0.4, -0.2) is 39.1 Å². The van der Waals surface area contributed by atoms with Crippen LogP contribution < -0.4 is 0 Å². The van der Waals surface area contributed by atoms with Crippen LogP contribution in [0.4, 0.5) is 0 Å². The molecule has 0 aliphatic carbocycles. The molecular weight excluding hydrogens is 278 g/mol. The second-order valence-corrected chi connectivity index (χ2v) is 5.39. The largest absolute Gasteiger partial charge is 0.336 e. The van der Waals surface area contributed by atoms with Gasteiger partial charge in [-0.25, -0.2) is 4.98 Å². The predicted molar refractivity (Wildman–Crippen MR) is 75.1 cm³/mol. The highest BCUT2D eigenvalue weighted by Gasteiger charge is 2.25. The third-order valence-electron chi connectivity index (χ3n) is 3.57. The molecule has 0 spiro atoms. The van der Waals surface area contributed by atoms with Crippen molar-refractivity contribution in [2.45, 2.75) is 19.8 Å². The Labute approximate surface area is 121 Å². The normalized spacial score (nSPS) is 15.9. The number of halogens is 1. The van der Waals surface area contributed by atoms with Crippen molar-refractivity contribution in [2.24, 2.45) is 0 Å². The van der Waals surface area contributed by atoms with Crippen LogP contribution in [0.25, 0.3) is 5.65 Å². The molecule has 0 radical (unpaired) electrons. The van der Waals surface area contributed by atoms with E-state index in [9.17, 15) is 9.59 Å². The molecule has 1 aliphatic rings. The van der Waals surface area contributed by atoms with Crippen LogP contribution >= 0.6 is 11.6 Å². The molecule has 0 N–H and O–H groups in total. The highest BCUT2D eigenvalue weighted by molar-refractivity contribution is 6.30. The molecular formula is C14H14ClN3O2. The average Bonchev–Trinajstić information content (AvgIpc) is 2.73. The van der Waals surface area contributed by atoms with Crippen LogP contribution in [-0.2, 0) is 4.79 Å².